The summed E-state index contributed by atoms with van der Waals surface area (Å²) in [6, 6.07) is 11.3. The Bertz CT molecular complexity index is 1230. The second-order valence-electron chi connectivity index (χ2n) is 7.59. The average Bonchev–Trinajstić information content (AvgIpc) is 3.39. The van der Waals surface area contributed by atoms with Crippen LogP contribution < -0.4 is 5.32 Å². The zero-order valence-corrected chi connectivity index (χ0v) is 18.7. The van der Waals surface area contributed by atoms with Crippen molar-refractivity contribution < 1.29 is 4.79 Å². The number of hydrogen-bond donors (Lipinski definition) is 1. The SMILES string of the molecule is Cc1cc(C)n(Cn2ccc(C(=O)Nc3c(C)nn(Cc4ccc(Cl)cc4)c3C)n2)n1. The lowest BCUT2D eigenvalue weighted by atomic mass is 10.2. The summed E-state index contributed by atoms with van der Waals surface area (Å²) in [7, 11) is 0. The molecule has 0 unspecified atom stereocenters. The van der Waals surface area contributed by atoms with Crippen molar-refractivity contribution in [3.63, 3.8) is 0 Å². The van der Waals surface area contributed by atoms with E-state index in [9.17, 15) is 4.79 Å². The normalized spacial score (nSPS) is 11.1. The van der Waals surface area contributed by atoms with Crippen LogP contribution in [0.2, 0.25) is 5.02 Å². The Morgan fingerprint density at radius 2 is 1.74 bits per heavy atom. The largest absolute Gasteiger partial charge is 0.317 e. The number of aromatic nitrogens is 6. The highest BCUT2D eigenvalue weighted by molar-refractivity contribution is 6.30. The third-order valence-electron chi connectivity index (χ3n) is 5.12. The Hall–Kier alpha value is -3.39. The standard InChI is InChI=1S/C22H24ClN7O/c1-14-11-15(2)30(25-14)13-28-10-9-20(27-28)22(31)24-21-16(3)26-29(17(21)4)12-18-5-7-19(23)8-6-18/h5-11H,12-13H2,1-4H3,(H,24,31). The van der Waals surface area contributed by atoms with Gasteiger partial charge in [0.15, 0.2) is 5.69 Å². The quantitative estimate of drug-likeness (QED) is 0.494. The van der Waals surface area contributed by atoms with Crippen LogP contribution in [-0.4, -0.2) is 35.2 Å². The van der Waals surface area contributed by atoms with Gasteiger partial charge < -0.3 is 5.32 Å². The monoisotopic (exact) mass is 437 g/mol. The molecule has 0 saturated heterocycles. The summed E-state index contributed by atoms with van der Waals surface area (Å²) in [4.78, 5) is 12.8. The molecule has 0 aliphatic rings. The van der Waals surface area contributed by atoms with Crippen LogP contribution >= 0.6 is 11.6 Å². The van der Waals surface area contributed by atoms with E-state index >= 15 is 0 Å². The van der Waals surface area contributed by atoms with Gasteiger partial charge in [-0.1, -0.05) is 23.7 Å². The van der Waals surface area contributed by atoms with Gasteiger partial charge in [-0.3, -0.25) is 14.2 Å². The first-order valence-corrected chi connectivity index (χ1v) is 10.3. The minimum absolute atomic E-state index is 0.274. The molecule has 0 fully saturated rings. The fraction of sp³-hybridized carbons (Fsp3) is 0.273. The van der Waals surface area contributed by atoms with Gasteiger partial charge in [0.1, 0.15) is 6.67 Å². The Balaban J connectivity index is 1.47. The van der Waals surface area contributed by atoms with E-state index < -0.39 is 0 Å². The molecule has 0 radical (unpaired) electrons. The van der Waals surface area contributed by atoms with E-state index in [2.05, 4.69) is 20.6 Å². The fourth-order valence-corrected chi connectivity index (χ4v) is 3.61. The summed E-state index contributed by atoms with van der Waals surface area (Å²) in [5.41, 5.74) is 5.74. The van der Waals surface area contributed by atoms with Crippen molar-refractivity contribution in [2.24, 2.45) is 0 Å². The van der Waals surface area contributed by atoms with Crippen LogP contribution in [-0.2, 0) is 13.2 Å². The number of hydrogen-bond acceptors (Lipinski definition) is 4. The lowest BCUT2D eigenvalue weighted by Crippen LogP contribution is -2.16. The molecule has 4 rings (SSSR count). The Labute approximate surface area is 185 Å². The van der Waals surface area contributed by atoms with E-state index in [4.69, 9.17) is 11.6 Å². The average molecular weight is 438 g/mol. The highest BCUT2D eigenvalue weighted by Gasteiger charge is 2.17. The van der Waals surface area contributed by atoms with Gasteiger partial charge in [0.2, 0.25) is 0 Å². The number of nitrogens with one attached hydrogen (secondary N) is 1. The van der Waals surface area contributed by atoms with Crippen LogP contribution in [0.15, 0.2) is 42.6 Å². The minimum atomic E-state index is -0.274. The van der Waals surface area contributed by atoms with Gasteiger partial charge >= 0.3 is 0 Å². The van der Waals surface area contributed by atoms with Crippen molar-refractivity contribution in [1.29, 1.82) is 0 Å². The lowest BCUT2D eigenvalue weighted by molar-refractivity contribution is 0.102. The molecule has 0 aliphatic heterocycles. The van der Waals surface area contributed by atoms with E-state index in [-0.39, 0.29) is 5.91 Å². The van der Waals surface area contributed by atoms with Crippen molar-refractivity contribution in [3.8, 4) is 0 Å². The smallest absolute Gasteiger partial charge is 0.276 e. The summed E-state index contributed by atoms with van der Waals surface area (Å²) >= 11 is 5.96. The first-order valence-electron chi connectivity index (χ1n) is 9.94. The van der Waals surface area contributed by atoms with Gasteiger partial charge in [-0.05, 0) is 57.5 Å². The molecule has 3 heterocycles. The summed E-state index contributed by atoms with van der Waals surface area (Å²) in [5.74, 6) is -0.274. The summed E-state index contributed by atoms with van der Waals surface area (Å²) in [6.45, 7) is 8.80. The molecule has 4 aromatic rings. The highest BCUT2D eigenvalue weighted by atomic mass is 35.5. The second-order valence-corrected chi connectivity index (χ2v) is 8.03. The topological polar surface area (TPSA) is 82.6 Å². The zero-order valence-electron chi connectivity index (χ0n) is 17.9. The molecule has 0 aliphatic carbocycles. The first-order chi connectivity index (χ1) is 14.8. The fourth-order valence-electron chi connectivity index (χ4n) is 3.49. The van der Waals surface area contributed by atoms with Crippen LogP contribution in [0.1, 0.15) is 38.8 Å². The number of benzene rings is 1. The predicted molar refractivity (Wildman–Crippen MR) is 120 cm³/mol. The maximum atomic E-state index is 12.8. The molecule has 160 valence electrons. The molecule has 0 spiro atoms. The van der Waals surface area contributed by atoms with Crippen LogP contribution in [0.5, 0.6) is 0 Å². The summed E-state index contributed by atoms with van der Waals surface area (Å²) < 4.78 is 5.41. The van der Waals surface area contributed by atoms with Gasteiger partial charge in [0.05, 0.1) is 29.3 Å². The van der Waals surface area contributed by atoms with Gasteiger partial charge in [-0.25, -0.2) is 4.68 Å². The number of carbonyl (C=O) groups excluding carboxylic acids is 1. The number of amides is 1. The first kappa shape index (κ1) is 20.9. The molecule has 0 bridgehead atoms. The van der Waals surface area contributed by atoms with Crippen molar-refractivity contribution in [2.45, 2.75) is 40.9 Å². The maximum absolute atomic E-state index is 12.8. The molecule has 1 amide bonds. The minimum Gasteiger partial charge on any atom is -0.317 e. The number of aryl methyl sites for hydroxylation is 3. The lowest BCUT2D eigenvalue weighted by Gasteiger charge is -2.07. The van der Waals surface area contributed by atoms with Crippen molar-refractivity contribution in [3.05, 3.63) is 81.7 Å². The Morgan fingerprint density at radius 3 is 2.42 bits per heavy atom. The maximum Gasteiger partial charge on any atom is 0.276 e. The van der Waals surface area contributed by atoms with Crippen molar-refractivity contribution in [1.82, 2.24) is 29.3 Å². The molecule has 0 atom stereocenters. The number of halogens is 1. The third kappa shape index (κ3) is 4.54. The summed E-state index contributed by atoms with van der Waals surface area (Å²) in [6.07, 6.45) is 1.77. The van der Waals surface area contributed by atoms with E-state index in [1.807, 2.05) is 67.4 Å². The molecular formula is C22H24ClN7O. The van der Waals surface area contributed by atoms with E-state index in [0.717, 1.165) is 28.3 Å². The molecule has 1 aromatic carbocycles. The van der Waals surface area contributed by atoms with Crippen LogP contribution in [0.4, 0.5) is 5.69 Å². The van der Waals surface area contributed by atoms with Crippen molar-refractivity contribution in [2.75, 3.05) is 5.32 Å². The van der Waals surface area contributed by atoms with E-state index in [0.29, 0.717) is 29.6 Å². The molecule has 1 N–H and O–H groups in total. The van der Waals surface area contributed by atoms with Crippen molar-refractivity contribution >= 4 is 23.2 Å². The van der Waals surface area contributed by atoms with Gasteiger partial charge in [-0.2, -0.15) is 15.3 Å². The van der Waals surface area contributed by atoms with Crippen LogP contribution in [0.25, 0.3) is 0 Å². The van der Waals surface area contributed by atoms with Crippen LogP contribution in [0, 0.1) is 27.7 Å². The van der Waals surface area contributed by atoms with Crippen LogP contribution in [0.3, 0.4) is 0 Å². The van der Waals surface area contributed by atoms with Gasteiger partial charge in [-0.15, -0.1) is 0 Å². The Kier molecular flexibility index (Phi) is 5.65. The molecule has 0 saturated carbocycles. The molecule has 3 aromatic heterocycles. The number of anilines is 1. The summed E-state index contributed by atoms with van der Waals surface area (Å²) in [5, 5.41) is 17.1. The second kappa shape index (κ2) is 8.39. The van der Waals surface area contributed by atoms with E-state index in [1.165, 1.54) is 0 Å². The highest BCUT2D eigenvalue weighted by Crippen LogP contribution is 2.21. The van der Waals surface area contributed by atoms with Gasteiger partial charge in [0.25, 0.3) is 5.91 Å². The number of carbonyl (C=O) groups is 1. The predicted octanol–water partition coefficient (Wildman–Crippen LogP) is 3.97. The Morgan fingerprint density at radius 1 is 1.00 bits per heavy atom. The van der Waals surface area contributed by atoms with E-state index in [1.54, 1.807) is 16.9 Å². The van der Waals surface area contributed by atoms with Gasteiger partial charge in [0, 0.05) is 16.9 Å². The third-order valence-corrected chi connectivity index (χ3v) is 5.37. The molecule has 8 nitrogen and oxygen atoms in total. The molecule has 31 heavy (non-hydrogen) atoms. The zero-order chi connectivity index (χ0) is 22.1. The molecular weight excluding hydrogens is 414 g/mol. The molecule has 9 heteroatoms. The number of nitrogens with zero attached hydrogens (tertiary/aromatic N) is 6. The number of rotatable bonds is 6.